The third-order valence-corrected chi connectivity index (χ3v) is 3.95. The number of aromatic nitrogens is 1. The molecule has 2 rings (SSSR count). The van der Waals surface area contributed by atoms with Crippen molar-refractivity contribution in [2.24, 2.45) is 11.8 Å². The second-order valence-electron chi connectivity index (χ2n) is 5.82. The summed E-state index contributed by atoms with van der Waals surface area (Å²) in [5, 5.41) is 1.66. The minimum Gasteiger partial charge on any atom is -0.473 e. The van der Waals surface area contributed by atoms with Gasteiger partial charge in [-0.3, -0.25) is 0 Å². The number of ether oxygens (including phenoxy) is 1. The zero-order valence-corrected chi connectivity index (χ0v) is 14.2. The van der Waals surface area contributed by atoms with Gasteiger partial charge in [0.25, 0.3) is 0 Å². The van der Waals surface area contributed by atoms with Gasteiger partial charge in [-0.15, -0.1) is 0 Å². The lowest BCUT2D eigenvalue weighted by Gasteiger charge is -2.23. The van der Waals surface area contributed by atoms with Crippen LogP contribution in [0.3, 0.4) is 0 Å². The molecule has 0 spiro atoms. The molecule has 23 heavy (non-hydrogen) atoms. The van der Waals surface area contributed by atoms with Crippen LogP contribution in [0.4, 0.5) is 4.39 Å². The molecule has 0 atom stereocenters. The fourth-order valence-electron chi connectivity index (χ4n) is 2.78. The van der Waals surface area contributed by atoms with Crippen molar-refractivity contribution >= 4 is 0 Å². The van der Waals surface area contributed by atoms with E-state index in [1.165, 1.54) is 24.5 Å². The molecule has 0 aromatic carbocycles. The van der Waals surface area contributed by atoms with E-state index in [0.717, 1.165) is 24.1 Å². The zero-order valence-electron chi connectivity index (χ0n) is 14.2. The summed E-state index contributed by atoms with van der Waals surface area (Å²) in [4.78, 5) is 3.77. The van der Waals surface area contributed by atoms with Crippen molar-refractivity contribution in [3.8, 4) is 5.88 Å². The van der Waals surface area contributed by atoms with Crippen molar-refractivity contribution < 1.29 is 9.13 Å². The molecule has 0 unspecified atom stereocenters. The van der Waals surface area contributed by atoms with Crippen LogP contribution in [0.2, 0.25) is 0 Å². The molecule has 1 heterocycles. The molecule has 0 radical (unpaired) electrons. The second kappa shape index (κ2) is 8.11. The van der Waals surface area contributed by atoms with Gasteiger partial charge in [0.05, 0.1) is 0 Å². The third kappa shape index (κ3) is 4.79. The van der Waals surface area contributed by atoms with E-state index >= 15 is 0 Å². The lowest BCUT2D eigenvalue weighted by atomic mass is 9.97. The van der Waals surface area contributed by atoms with Crippen molar-refractivity contribution in [2.45, 2.75) is 39.5 Å². The second-order valence-corrected chi connectivity index (χ2v) is 5.82. The maximum absolute atomic E-state index is 13.2. The molecule has 0 amide bonds. The molecule has 0 saturated heterocycles. The summed E-state index contributed by atoms with van der Waals surface area (Å²) in [6.07, 6.45) is 6.46. The van der Waals surface area contributed by atoms with Gasteiger partial charge >= 0.3 is 0 Å². The molecule has 0 bridgehead atoms. The molecule has 126 valence electrons. The Labute approximate surface area is 137 Å². The lowest BCUT2D eigenvalue weighted by Crippen LogP contribution is -2.28. The zero-order chi connectivity index (χ0) is 16.8. The van der Waals surface area contributed by atoms with Crippen LogP contribution in [0, 0.1) is 11.9 Å². The molecular formula is C18H26FN3O. The highest BCUT2D eigenvalue weighted by Gasteiger charge is 2.29. The number of nitrogens with two attached hydrogens (primary N) is 1. The van der Waals surface area contributed by atoms with E-state index in [1.54, 1.807) is 17.1 Å². The Morgan fingerprint density at radius 2 is 2.17 bits per heavy atom. The van der Waals surface area contributed by atoms with Gasteiger partial charge in [0, 0.05) is 24.4 Å². The smallest absolute Gasteiger partial charge is 0.216 e. The number of hydrogen-bond acceptors (Lipinski definition) is 4. The van der Waals surface area contributed by atoms with Crippen LogP contribution in [0.15, 0.2) is 41.1 Å². The predicted molar refractivity (Wildman–Crippen MR) is 90.1 cm³/mol. The van der Waals surface area contributed by atoms with E-state index in [-0.39, 0.29) is 0 Å². The molecule has 4 nitrogen and oxygen atoms in total. The number of pyridine rings is 1. The lowest BCUT2D eigenvalue weighted by molar-refractivity contribution is 0.322. The van der Waals surface area contributed by atoms with Crippen LogP contribution < -0.4 is 10.6 Å². The first-order valence-corrected chi connectivity index (χ1v) is 8.23. The van der Waals surface area contributed by atoms with E-state index in [9.17, 15) is 4.39 Å². The van der Waals surface area contributed by atoms with E-state index in [4.69, 9.17) is 10.6 Å². The maximum Gasteiger partial charge on any atom is 0.216 e. The van der Waals surface area contributed by atoms with Crippen LogP contribution in [-0.4, -0.2) is 23.6 Å². The average molecular weight is 319 g/mol. The Morgan fingerprint density at radius 1 is 1.43 bits per heavy atom. The number of nitrogens with zero attached hydrogens (tertiary/aromatic N) is 2. The van der Waals surface area contributed by atoms with Crippen molar-refractivity contribution in [1.29, 1.82) is 0 Å². The summed E-state index contributed by atoms with van der Waals surface area (Å²) in [6, 6.07) is 4.57. The summed E-state index contributed by atoms with van der Waals surface area (Å²) in [6.45, 7) is 4.56. The third-order valence-electron chi connectivity index (χ3n) is 3.95. The normalized spacial score (nSPS) is 16.1. The summed E-state index contributed by atoms with van der Waals surface area (Å²) in [7, 11) is 1.84. The minimum atomic E-state index is -0.536. The largest absolute Gasteiger partial charge is 0.473 e. The Hall–Kier alpha value is -1.88. The van der Waals surface area contributed by atoms with Crippen molar-refractivity contribution in [1.82, 2.24) is 9.99 Å². The number of rotatable bonds is 8. The highest BCUT2D eigenvalue weighted by molar-refractivity contribution is 5.39. The van der Waals surface area contributed by atoms with Gasteiger partial charge in [-0.05, 0) is 43.2 Å². The Bertz CT molecular complexity index is 592. The summed E-state index contributed by atoms with van der Waals surface area (Å²) in [5.74, 6) is 6.37. The highest BCUT2D eigenvalue weighted by Crippen LogP contribution is 2.41. The van der Waals surface area contributed by atoms with Crippen molar-refractivity contribution in [2.75, 3.05) is 13.7 Å². The van der Waals surface area contributed by atoms with Crippen molar-refractivity contribution in [3.63, 3.8) is 0 Å². The highest BCUT2D eigenvalue weighted by atomic mass is 19.1. The first-order valence-electron chi connectivity index (χ1n) is 8.23. The van der Waals surface area contributed by atoms with E-state index in [2.05, 4.69) is 24.9 Å². The SMILES string of the molecule is CC/C=C(\C(COc1cccc(F)n1)=C(/CC)N(C)N)C1CC1. The van der Waals surface area contributed by atoms with Gasteiger partial charge in [0.2, 0.25) is 11.8 Å². The topological polar surface area (TPSA) is 51.4 Å². The van der Waals surface area contributed by atoms with Crippen LogP contribution >= 0.6 is 0 Å². The molecule has 1 aromatic rings. The molecule has 1 aliphatic rings. The van der Waals surface area contributed by atoms with Gasteiger partial charge in [-0.25, -0.2) is 5.84 Å². The molecule has 5 heteroatoms. The van der Waals surface area contributed by atoms with E-state index in [0.29, 0.717) is 18.4 Å². The average Bonchev–Trinajstić information content (AvgIpc) is 3.34. The van der Waals surface area contributed by atoms with Gasteiger partial charge in [-0.2, -0.15) is 9.37 Å². The van der Waals surface area contributed by atoms with Gasteiger partial charge in [-0.1, -0.05) is 26.0 Å². The number of hydrazine groups is 1. The van der Waals surface area contributed by atoms with Crippen LogP contribution in [0.5, 0.6) is 5.88 Å². The quantitative estimate of drug-likeness (QED) is 0.342. The standard InChI is InChI=1S/C18H26FN3O/c1-4-7-14(13-10-11-13)15(16(5-2)22(3)20)12-23-18-9-6-8-17(19)21-18/h6-9,13H,4-5,10-12,20H2,1-3H3/b14-7-,16-15+. The first-order chi connectivity index (χ1) is 11.1. The fraction of sp³-hybridized carbons (Fsp3) is 0.500. The van der Waals surface area contributed by atoms with Gasteiger partial charge < -0.3 is 9.75 Å². The van der Waals surface area contributed by atoms with E-state index in [1.807, 2.05) is 7.05 Å². The maximum atomic E-state index is 13.2. The fourth-order valence-corrected chi connectivity index (χ4v) is 2.78. The molecule has 1 aliphatic carbocycles. The van der Waals surface area contributed by atoms with Crippen LogP contribution in [-0.2, 0) is 0 Å². The summed E-state index contributed by atoms with van der Waals surface area (Å²) < 4.78 is 19.0. The first kappa shape index (κ1) is 17.5. The van der Waals surface area contributed by atoms with Crippen molar-refractivity contribution in [3.05, 3.63) is 47.1 Å². The molecule has 0 aliphatic heterocycles. The number of allylic oxidation sites excluding steroid dienone is 2. The van der Waals surface area contributed by atoms with E-state index < -0.39 is 5.95 Å². The Kier molecular flexibility index (Phi) is 6.16. The van der Waals surface area contributed by atoms with Gasteiger partial charge in [0.15, 0.2) is 0 Å². The van der Waals surface area contributed by atoms with Gasteiger partial charge in [0.1, 0.15) is 6.61 Å². The number of halogens is 1. The van der Waals surface area contributed by atoms with Crippen LogP contribution in [0.1, 0.15) is 39.5 Å². The monoisotopic (exact) mass is 319 g/mol. The Balaban J connectivity index is 2.28. The van der Waals surface area contributed by atoms with Crippen LogP contribution in [0.25, 0.3) is 0 Å². The predicted octanol–water partition coefficient (Wildman–Crippen LogP) is 3.82. The molecule has 1 fully saturated rings. The molecule has 1 aromatic heterocycles. The summed E-state index contributed by atoms with van der Waals surface area (Å²) in [5.41, 5.74) is 3.47. The summed E-state index contributed by atoms with van der Waals surface area (Å²) >= 11 is 0. The molecule has 2 N–H and O–H groups in total. The molecular weight excluding hydrogens is 293 g/mol. The Morgan fingerprint density at radius 3 is 2.70 bits per heavy atom. The number of hydrogen-bond donors (Lipinski definition) is 1. The molecule has 1 saturated carbocycles. The minimum absolute atomic E-state index is 0.296.